The fraction of sp³-hybridized carbons (Fsp3) is 1.00. The predicted octanol–water partition coefficient (Wildman–Crippen LogP) is 1.50. The van der Waals surface area contributed by atoms with Crippen LogP contribution in [-0.4, -0.2) is 64.1 Å². The van der Waals surface area contributed by atoms with Crippen molar-refractivity contribution in [2.24, 2.45) is 5.92 Å². The summed E-state index contributed by atoms with van der Waals surface area (Å²) in [6, 6.07) is 0.860. The van der Waals surface area contributed by atoms with Crippen molar-refractivity contribution in [3.8, 4) is 0 Å². The van der Waals surface area contributed by atoms with Gasteiger partial charge in [-0.2, -0.15) is 0 Å². The van der Waals surface area contributed by atoms with Crippen LogP contribution in [0, 0.1) is 5.92 Å². The number of hydrogen-bond acceptors (Lipinski definition) is 4. The Labute approximate surface area is 117 Å². The van der Waals surface area contributed by atoms with Gasteiger partial charge in [0.05, 0.1) is 6.61 Å². The molecule has 0 aromatic carbocycles. The van der Waals surface area contributed by atoms with Gasteiger partial charge in [0.25, 0.3) is 0 Å². The Morgan fingerprint density at radius 2 is 1.84 bits per heavy atom. The predicted molar refractivity (Wildman–Crippen MR) is 77.5 cm³/mol. The summed E-state index contributed by atoms with van der Waals surface area (Å²) >= 11 is 0. The van der Waals surface area contributed by atoms with E-state index in [0.29, 0.717) is 0 Å². The van der Waals surface area contributed by atoms with E-state index >= 15 is 0 Å². The second kappa shape index (κ2) is 8.90. The van der Waals surface area contributed by atoms with E-state index in [1.165, 1.54) is 45.3 Å². The van der Waals surface area contributed by atoms with Crippen molar-refractivity contribution in [1.82, 2.24) is 10.2 Å². The second-order valence-corrected chi connectivity index (χ2v) is 5.93. The van der Waals surface area contributed by atoms with Crippen LogP contribution in [0.1, 0.15) is 32.1 Å². The molecule has 1 saturated carbocycles. The third-order valence-corrected chi connectivity index (χ3v) is 4.17. The van der Waals surface area contributed by atoms with E-state index in [4.69, 9.17) is 9.47 Å². The smallest absolute Gasteiger partial charge is 0.0593 e. The Bertz CT molecular complexity index is 226. The third kappa shape index (κ3) is 6.70. The highest BCUT2D eigenvalue weighted by atomic mass is 16.5. The van der Waals surface area contributed by atoms with E-state index in [2.05, 4.69) is 10.2 Å². The van der Waals surface area contributed by atoms with Crippen molar-refractivity contribution >= 4 is 0 Å². The Morgan fingerprint density at radius 1 is 1.05 bits per heavy atom. The molecule has 1 heterocycles. The Balaban J connectivity index is 1.42. The highest BCUT2D eigenvalue weighted by molar-refractivity contribution is 4.83. The van der Waals surface area contributed by atoms with E-state index < -0.39 is 0 Å². The lowest BCUT2D eigenvalue weighted by Gasteiger charge is -2.32. The fourth-order valence-electron chi connectivity index (χ4n) is 2.64. The summed E-state index contributed by atoms with van der Waals surface area (Å²) < 4.78 is 10.6. The van der Waals surface area contributed by atoms with Crippen LogP contribution >= 0.6 is 0 Å². The summed E-state index contributed by atoms with van der Waals surface area (Å²) in [7, 11) is 1.74. The van der Waals surface area contributed by atoms with Gasteiger partial charge in [0.1, 0.15) is 0 Å². The lowest BCUT2D eigenvalue weighted by molar-refractivity contribution is 0.0737. The molecule has 0 spiro atoms. The van der Waals surface area contributed by atoms with Crippen molar-refractivity contribution in [3.63, 3.8) is 0 Å². The zero-order chi connectivity index (χ0) is 13.3. The summed E-state index contributed by atoms with van der Waals surface area (Å²) in [4.78, 5) is 2.55. The van der Waals surface area contributed by atoms with Crippen LogP contribution in [0.15, 0.2) is 0 Å². The molecule has 1 N–H and O–H groups in total. The van der Waals surface area contributed by atoms with Crippen molar-refractivity contribution < 1.29 is 9.47 Å². The van der Waals surface area contributed by atoms with Gasteiger partial charge in [-0.3, -0.25) is 0 Å². The van der Waals surface area contributed by atoms with Gasteiger partial charge in [-0.1, -0.05) is 0 Å². The zero-order valence-electron chi connectivity index (χ0n) is 12.4. The number of hydrogen-bond donors (Lipinski definition) is 1. The second-order valence-electron chi connectivity index (χ2n) is 5.93. The lowest BCUT2D eigenvalue weighted by atomic mass is 9.97. The SMILES string of the molecule is COCCCOCCN1CCC(CNC2CC2)CC1. The summed E-state index contributed by atoms with van der Waals surface area (Å²) in [5, 5.41) is 3.66. The fourth-order valence-corrected chi connectivity index (χ4v) is 2.64. The molecular formula is C15H30N2O2. The van der Waals surface area contributed by atoms with Crippen molar-refractivity contribution in [3.05, 3.63) is 0 Å². The van der Waals surface area contributed by atoms with Crippen molar-refractivity contribution in [2.45, 2.75) is 38.1 Å². The Hall–Kier alpha value is -0.160. The van der Waals surface area contributed by atoms with Crippen LogP contribution < -0.4 is 5.32 Å². The molecule has 0 bridgehead atoms. The van der Waals surface area contributed by atoms with Gasteiger partial charge in [0.15, 0.2) is 0 Å². The molecule has 4 nitrogen and oxygen atoms in total. The highest BCUT2D eigenvalue weighted by Crippen LogP contribution is 2.21. The molecule has 1 aliphatic carbocycles. The number of ether oxygens (including phenoxy) is 2. The maximum absolute atomic E-state index is 5.62. The summed E-state index contributed by atoms with van der Waals surface area (Å²) in [6.07, 6.45) is 6.51. The molecule has 2 rings (SSSR count). The monoisotopic (exact) mass is 270 g/mol. The van der Waals surface area contributed by atoms with Gasteiger partial charge < -0.3 is 19.7 Å². The average Bonchev–Trinajstić information content (AvgIpc) is 3.26. The molecule has 0 aromatic rings. The normalized spacial score (nSPS) is 21.9. The molecule has 0 unspecified atom stereocenters. The minimum absolute atomic E-state index is 0.805. The van der Waals surface area contributed by atoms with Gasteiger partial charge in [0.2, 0.25) is 0 Å². The van der Waals surface area contributed by atoms with Gasteiger partial charge >= 0.3 is 0 Å². The number of nitrogens with zero attached hydrogens (tertiary/aromatic N) is 1. The molecule has 2 aliphatic rings. The van der Waals surface area contributed by atoms with E-state index in [9.17, 15) is 0 Å². The van der Waals surface area contributed by atoms with E-state index in [0.717, 1.165) is 44.7 Å². The van der Waals surface area contributed by atoms with Crippen LogP contribution in [-0.2, 0) is 9.47 Å². The number of rotatable bonds is 10. The first-order chi connectivity index (χ1) is 9.38. The molecule has 19 heavy (non-hydrogen) atoms. The van der Waals surface area contributed by atoms with Crippen molar-refractivity contribution in [1.29, 1.82) is 0 Å². The molecule has 0 amide bonds. The molecule has 0 atom stereocenters. The summed E-state index contributed by atoms with van der Waals surface area (Å²) in [5.41, 5.74) is 0. The standard InChI is InChI=1S/C15H30N2O2/c1-18-10-2-11-19-12-9-17-7-5-14(6-8-17)13-16-15-3-4-15/h14-16H,2-13H2,1H3. The first-order valence-electron chi connectivity index (χ1n) is 7.91. The van der Waals surface area contributed by atoms with Gasteiger partial charge in [-0.05, 0) is 57.7 Å². The minimum atomic E-state index is 0.805. The molecule has 112 valence electrons. The molecule has 1 aliphatic heterocycles. The number of piperidine rings is 1. The molecule has 0 aromatic heterocycles. The van der Waals surface area contributed by atoms with Crippen LogP contribution in [0.2, 0.25) is 0 Å². The number of likely N-dealkylation sites (tertiary alicyclic amines) is 1. The van der Waals surface area contributed by atoms with Gasteiger partial charge in [-0.25, -0.2) is 0 Å². The van der Waals surface area contributed by atoms with Crippen LogP contribution in [0.3, 0.4) is 0 Å². The maximum Gasteiger partial charge on any atom is 0.0593 e. The molecular weight excluding hydrogens is 240 g/mol. The molecule has 4 heteroatoms. The largest absolute Gasteiger partial charge is 0.385 e. The summed E-state index contributed by atoms with van der Waals surface area (Å²) in [6.45, 7) is 7.34. The summed E-state index contributed by atoms with van der Waals surface area (Å²) in [5.74, 6) is 0.902. The quantitative estimate of drug-likeness (QED) is 0.610. The van der Waals surface area contributed by atoms with E-state index in [1.54, 1.807) is 7.11 Å². The average molecular weight is 270 g/mol. The minimum Gasteiger partial charge on any atom is -0.385 e. The molecule has 1 saturated heterocycles. The first kappa shape index (κ1) is 15.2. The first-order valence-corrected chi connectivity index (χ1v) is 7.91. The third-order valence-electron chi connectivity index (χ3n) is 4.17. The van der Waals surface area contributed by atoms with Crippen LogP contribution in [0.5, 0.6) is 0 Å². The lowest BCUT2D eigenvalue weighted by Crippen LogP contribution is -2.39. The number of methoxy groups -OCH3 is 1. The Morgan fingerprint density at radius 3 is 2.53 bits per heavy atom. The van der Waals surface area contributed by atoms with Crippen molar-refractivity contribution in [2.75, 3.05) is 53.1 Å². The highest BCUT2D eigenvalue weighted by Gasteiger charge is 2.24. The topological polar surface area (TPSA) is 33.7 Å². The van der Waals surface area contributed by atoms with Crippen LogP contribution in [0.4, 0.5) is 0 Å². The molecule has 2 fully saturated rings. The zero-order valence-corrected chi connectivity index (χ0v) is 12.4. The van der Waals surface area contributed by atoms with Gasteiger partial charge in [-0.15, -0.1) is 0 Å². The molecule has 0 radical (unpaired) electrons. The van der Waals surface area contributed by atoms with Gasteiger partial charge in [0, 0.05) is 32.9 Å². The van der Waals surface area contributed by atoms with Crippen LogP contribution in [0.25, 0.3) is 0 Å². The number of nitrogens with one attached hydrogen (secondary N) is 1. The van der Waals surface area contributed by atoms with E-state index in [-0.39, 0.29) is 0 Å². The Kier molecular flexibility index (Phi) is 7.14. The maximum atomic E-state index is 5.62. The van der Waals surface area contributed by atoms with E-state index in [1.807, 2.05) is 0 Å².